The van der Waals surface area contributed by atoms with E-state index in [2.05, 4.69) is 31.4 Å². The molecular weight excluding hydrogens is 482 g/mol. The maximum absolute atomic E-state index is 5.90. The lowest BCUT2D eigenvalue weighted by molar-refractivity contribution is 0.306. The second-order valence-corrected chi connectivity index (χ2v) is 8.61. The normalized spacial score (nSPS) is 11.0. The van der Waals surface area contributed by atoms with E-state index in [1.54, 1.807) is 6.21 Å². The summed E-state index contributed by atoms with van der Waals surface area (Å²) < 4.78 is 6.85. The van der Waals surface area contributed by atoms with Gasteiger partial charge in [-0.2, -0.15) is 5.10 Å². The summed E-state index contributed by atoms with van der Waals surface area (Å²) in [5.41, 5.74) is 7.01. The van der Waals surface area contributed by atoms with Crippen molar-refractivity contribution in [1.29, 1.82) is 0 Å². The quantitative estimate of drug-likeness (QED) is 0.216. The van der Waals surface area contributed by atoms with Crippen LogP contribution in [0.1, 0.15) is 11.1 Å². The topological polar surface area (TPSA) is 46.5 Å². The molecule has 3 aromatic carbocycles. The van der Waals surface area contributed by atoms with Crippen LogP contribution in [0.15, 0.2) is 87.8 Å². The van der Waals surface area contributed by atoms with Gasteiger partial charge in [0.25, 0.3) is 0 Å². The molecule has 0 radical (unpaired) electrons. The Morgan fingerprint density at radius 2 is 1.73 bits per heavy atom. The summed E-state index contributed by atoms with van der Waals surface area (Å²) >= 11 is 10.9. The Morgan fingerprint density at radius 1 is 1.00 bits per heavy atom. The third kappa shape index (κ3) is 5.69. The molecule has 30 heavy (non-hydrogen) atoms. The van der Waals surface area contributed by atoms with Crippen molar-refractivity contribution in [1.82, 2.24) is 4.98 Å². The van der Waals surface area contributed by atoms with Gasteiger partial charge in [0.05, 0.1) is 11.9 Å². The highest BCUT2D eigenvalue weighted by Crippen LogP contribution is 2.26. The molecule has 7 heteroatoms. The molecular formula is C23H17BrClN3OS. The molecule has 0 aliphatic heterocycles. The van der Waals surface area contributed by atoms with Gasteiger partial charge < -0.3 is 4.74 Å². The van der Waals surface area contributed by atoms with Gasteiger partial charge in [0.2, 0.25) is 5.13 Å². The smallest absolute Gasteiger partial charge is 0.203 e. The summed E-state index contributed by atoms with van der Waals surface area (Å²) in [4.78, 5) is 4.56. The molecule has 0 fully saturated rings. The molecule has 1 N–H and O–H groups in total. The number of hydrogen-bond donors (Lipinski definition) is 1. The number of nitrogens with zero attached hydrogens (tertiary/aromatic N) is 2. The van der Waals surface area contributed by atoms with Crippen molar-refractivity contribution in [2.24, 2.45) is 5.10 Å². The van der Waals surface area contributed by atoms with E-state index in [0.29, 0.717) is 6.61 Å². The van der Waals surface area contributed by atoms with Crippen LogP contribution in [0.25, 0.3) is 11.3 Å². The van der Waals surface area contributed by atoms with Crippen LogP contribution in [0, 0.1) is 0 Å². The fourth-order valence-electron chi connectivity index (χ4n) is 2.64. The number of nitrogens with one attached hydrogen (secondary N) is 1. The number of hydrazone groups is 1. The van der Waals surface area contributed by atoms with E-state index in [1.807, 2.05) is 78.2 Å². The monoisotopic (exact) mass is 497 g/mol. The molecule has 0 unspecified atom stereocenters. The van der Waals surface area contributed by atoms with E-state index in [0.717, 1.165) is 42.8 Å². The van der Waals surface area contributed by atoms with Crippen molar-refractivity contribution in [2.45, 2.75) is 6.61 Å². The number of hydrogen-bond acceptors (Lipinski definition) is 5. The van der Waals surface area contributed by atoms with Crippen LogP contribution >= 0.6 is 38.9 Å². The Bertz CT molecular complexity index is 1130. The largest absolute Gasteiger partial charge is 0.489 e. The van der Waals surface area contributed by atoms with E-state index in [1.165, 1.54) is 11.3 Å². The number of anilines is 1. The summed E-state index contributed by atoms with van der Waals surface area (Å²) in [5, 5.41) is 7.75. The van der Waals surface area contributed by atoms with Crippen molar-refractivity contribution in [2.75, 3.05) is 5.43 Å². The van der Waals surface area contributed by atoms with Crippen molar-refractivity contribution >= 4 is 50.2 Å². The Kier molecular flexibility index (Phi) is 6.79. The van der Waals surface area contributed by atoms with Gasteiger partial charge in [-0.05, 0) is 59.7 Å². The minimum Gasteiger partial charge on any atom is -0.489 e. The molecule has 0 aliphatic carbocycles. The van der Waals surface area contributed by atoms with Crippen molar-refractivity contribution < 1.29 is 4.74 Å². The summed E-state index contributed by atoms with van der Waals surface area (Å²) in [6.07, 6.45) is 1.75. The lowest BCUT2D eigenvalue weighted by atomic mass is 10.2. The lowest BCUT2D eigenvalue weighted by Crippen LogP contribution is -1.95. The average molecular weight is 499 g/mol. The molecule has 0 saturated heterocycles. The highest BCUT2D eigenvalue weighted by atomic mass is 79.9. The molecule has 0 saturated carbocycles. The third-order valence-electron chi connectivity index (χ3n) is 4.22. The number of rotatable bonds is 7. The molecule has 4 aromatic rings. The molecule has 0 amide bonds. The van der Waals surface area contributed by atoms with Gasteiger partial charge >= 0.3 is 0 Å². The molecule has 0 spiro atoms. The Morgan fingerprint density at radius 3 is 2.47 bits per heavy atom. The minimum absolute atomic E-state index is 0.497. The fraction of sp³-hybridized carbons (Fsp3) is 0.0435. The van der Waals surface area contributed by atoms with Gasteiger partial charge in [-0.3, -0.25) is 5.43 Å². The van der Waals surface area contributed by atoms with E-state index < -0.39 is 0 Å². The van der Waals surface area contributed by atoms with Crippen LogP contribution in [-0.2, 0) is 6.61 Å². The maximum Gasteiger partial charge on any atom is 0.203 e. The zero-order chi connectivity index (χ0) is 20.8. The van der Waals surface area contributed by atoms with Crippen molar-refractivity contribution in [3.8, 4) is 17.0 Å². The molecule has 0 atom stereocenters. The van der Waals surface area contributed by atoms with Crippen LogP contribution in [0.4, 0.5) is 5.13 Å². The predicted molar refractivity (Wildman–Crippen MR) is 129 cm³/mol. The first kappa shape index (κ1) is 20.6. The summed E-state index contributed by atoms with van der Waals surface area (Å²) in [6, 6.07) is 23.4. The highest BCUT2D eigenvalue weighted by molar-refractivity contribution is 9.10. The third-order valence-corrected chi connectivity index (χ3v) is 5.74. The fourth-order valence-corrected chi connectivity index (χ4v) is 3.70. The van der Waals surface area contributed by atoms with E-state index >= 15 is 0 Å². The number of aromatic nitrogens is 1. The zero-order valence-corrected chi connectivity index (χ0v) is 18.9. The molecule has 0 aliphatic rings. The van der Waals surface area contributed by atoms with Crippen LogP contribution in [-0.4, -0.2) is 11.2 Å². The second-order valence-electron chi connectivity index (χ2n) is 6.40. The van der Waals surface area contributed by atoms with Crippen molar-refractivity contribution in [3.63, 3.8) is 0 Å². The standard InChI is InChI=1S/C23H17BrClN3OS/c24-19-7-5-18(6-8-19)22-15-30-23(27-22)28-26-13-16-3-11-21(12-4-16)29-14-17-1-9-20(25)10-2-17/h1-13,15H,14H2,(H,27,28)/b26-13-. The van der Waals surface area contributed by atoms with Gasteiger partial charge in [0, 0.05) is 20.4 Å². The summed E-state index contributed by atoms with van der Waals surface area (Å²) in [5.74, 6) is 0.800. The number of thiazole rings is 1. The van der Waals surface area contributed by atoms with Gasteiger partial charge in [-0.25, -0.2) is 4.98 Å². The van der Waals surface area contributed by atoms with Crippen LogP contribution in [0.2, 0.25) is 5.02 Å². The molecule has 150 valence electrons. The van der Waals surface area contributed by atoms with Crippen LogP contribution in [0.3, 0.4) is 0 Å². The summed E-state index contributed by atoms with van der Waals surface area (Å²) in [7, 11) is 0. The molecule has 1 aromatic heterocycles. The number of halogens is 2. The van der Waals surface area contributed by atoms with Gasteiger partial charge in [-0.15, -0.1) is 11.3 Å². The SMILES string of the molecule is Clc1ccc(COc2ccc(/C=N\Nc3nc(-c4ccc(Br)cc4)cs3)cc2)cc1. The van der Waals surface area contributed by atoms with E-state index in [-0.39, 0.29) is 0 Å². The first-order valence-corrected chi connectivity index (χ1v) is 11.2. The average Bonchev–Trinajstić information content (AvgIpc) is 3.24. The van der Waals surface area contributed by atoms with Crippen molar-refractivity contribution in [3.05, 3.63) is 98.8 Å². The van der Waals surface area contributed by atoms with E-state index in [9.17, 15) is 0 Å². The minimum atomic E-state index is 0.497. The van der Waals surface area contributed by atoms with Gasteiger partial charge in [-0.1, -0.05) is 51.8 Å². The first-order chi connectivity index (χ1) is 14.7. The lowest BCUT2D eigenvalue weighted by Gasteiger charge is -2.06. The highest BCUT2D eigenvalue weighted by Gasteiger charge is 2.03. The Labute approximate surface area is 192 Å². The number of benzene rings is 3. The first-order valence-electron chi connectivity index (χ1n) is 9.13. The molecule has 4 rings (SSSR count). The van der Waals surface area contributed by atoms with E-state index in [4.69, 9.17) is 16.3 Å². The van der Waals surface area contributed by atoms with Crippen LogP contribution in [0.5, 0.6) is 5.75 Å². The molecule has 1 heterocycles. The Balaban J connectivity index is 1.30. The Hall–Kier alpha value is -2.67. The zero-order valence-electron chi connectivity index (χ0n) is 15.8. The maximum atomic E-state index is 5.90. The van der Waals surface area contributed by atoms with Crippen LogP contribution < -0.4 is 10.2 Å². The predicted octanol–water partition coefficient (Wildman–Crippen LogP) is 7.25. The summed E-state index contributed by atoms with van der Waals surface area (Å²) in [6.45, 7) is 0.497. The molecule has 4 nitrogen and oxygen atoms in total. The molecule has 0 bridgehead atoms. The van der Waals surface area contributed by atoms with Gasteiger partial charge in [0.15, 0.2) is 0 Å². The second kappa shape index (κ2) is 9.89. The number of ether oxygens (including phenoxy) is 1. The van der Waals surface area contributed by atoms with Gasteiger partial charge in [0.1, 0.15) is 12.4 Å².